The summed E-state index contributed by atoms with van der Waals surface area (Å²) < 4.78 is 20.6. The molecule has 0 saturated carbocycles. The minimum atomic E-state index is -1.19. The summed E-state index contributed by atoms with van der Waals surface area (Å²) in [6, 6.07) is 20.0. The molecule has 0 aliphatic carbocycles. The molecule has 0 bridgehead atoms. The number of aliphatic hydroxyl groups is 1. The number of thioether (sulfide) groups is 1. The smallest absolute Gasteiger partial charge is 0.301 e. The number of Topliss-reactive ketones (excluding diaryl/α,β-unsaturated/α-hetero) is 1. The van der Waals surface area contributed by atoms with Crippen molar-refractivity contribution in [3.05, 3.63) is 111 Å². The molecule has 1 aliphatic rings. The first kappa shape index (κ1) is 34.5. The largest absolute Gasteiger partial charge is 0.507 e. The molecular weight excluding hydrogens is 725 g/mol. The second-order valence-corrected chi connectivity index (χ2v) is 13.5. The summed E-state index contributed by atoms with van der Waals surface area (Å²) >= 11 is 5.87. The Balaban J connectivity index is 0.00000107. The van der Waals surface area contributed by atoms with Crippen molar-refractivity contribution in [2.45, 2.75) is 30.0 Å². The number of nitrogens with zero attached hydrogens (tertiary/aromatic N) is 3. The van der Waals surface area contributed by atoms with Crippen molar-refractivity contribution in [1.82, 2.24) is 10.2 Å². The number of aromatic hydroxyl groups is 1. The summed E-state index contributed by atoms with van der Waals surface area (Å²) in [5, 5.41) is 40.1. The maximum Gasteiger partial charge on any atom is 0.301 e. The number of phenolic OH excluding ortho intramolecular Hbond substituents is 1. The number of carbonyl (C=O) groups is 3. The second kappa shape index (κ2) is 14.5. The van der Waals surface area contributed by atoms with Crippen LogP contribution in [0.2, 0.25) is 0 Å². The Morgan fingerprint density at radius 1 is 1.06 bits per heavy atom. The highest BCUT2D eigenvalue weighted by molar-refractivity contribution is 9.10. The molecule has 1 atom stereocenters. The van der Waals surface area contributed by atoms with Gasteiger partial charge < -0.3 is 20.1 Å². The topological polar surface area (TPSA) is 150 Å². The Bertz CT molecular complexity index is 2090. The molecule has 48 heavy (non-hydrogen) atoms. The lowest BCUT2D eigenvalue weighted by molar-refractivity contribution is -0.134. The lowest BCUT2D eigenvalue weighted by atomic mass is 9.94. The number of methoxy groups -OCH3 is 1. The van der Waals surface area contributed by atoms with Gasteiger partial charge in [-0.05, 0) is 68.5 Å². The van der Waals surface area contributed by atoms with Crippen LogP contribution in [0.25, 0.3) is 16.5 Å². The van der Waals surface area contributed by atoms with Crippen LogP contribution < -0.4 is 9.64 Å². The Hall–Kier alpha value is -4.79. The number of anilines is 1. The van der Waals surface area contributed by atoms with Crippen LogP contribution in [-0.4, -0.2) is 50.3 Å². The van der Waals surface area contributed by atoms with E-state index < -0.39 is 35.3 Å². The lowest BCUT2D eigenvalue weighted by Gasteiger charge is -2.23. The first-order valence-corrected chi connectivity index (χ1v) is 16.8. The van der Waals surface area contributed by atoms with Crippen molar-refractivity contribution in [3.63, 3.8) is 0 Å². The van der Waals surface area contributed by atoms with Crippen molar-refractivity contribution >= 4 is 78.4 Å². The molecule has 1 saturated heterocycles. The minimum absolute atomic E-state index is 0.0319. The average Bonchev–Trinajstić information content (AvgIpc) is 3.63. The number of aliphatic carboxylic acids is 1. The number of ketones is 1. The van der Waals surface area contributed by atoms with Gasteiger partial charge in [0.15, 0.2) is 15.8 Å². The lowest BCUT2D eigenvalue weighted by Crippen LogP contribution is -2.29. The number of aliphatic hydroxyl groups excluding tert-OH is 1. The molecule has 1 aliphatic heterocycles. The minimum Gasteiger partial charge on any atom is -0.507 e. The number of hydrogen-bond donors (Lipinski definition) is 3. The number of carboxylic acid groups (broad SMARTS) is 1. The van der Waals surface area contributed by atoms with Gasteiger partial charge in [0.25, 0.3) is 11.8 Å². The van der Waals surface area contributed by atoms with E-state index in [-0.39, 0.29) is 32.2 Å². The Morgan fingerprint density at radius 2 is 1.77 bits per heavy atom. The van der Waals surface area contributed by atoms with Crippen LogP contribution in [0.1, 0.15) is 35.2 Å². The van der Waals surface area contributed by atoms with Crippen molar-refractivity contribution in [3.8, 4) is 11.5 Å². The molecule has 1 aromatic heterocycles. The van der Waals surface area contributed by atoms with E-state index in [1.54, 1.807) is 6.92 Å². The van der Waals surface area contributed by atoms with Gasteiger partial charge >= 0.3 is 5.91 Å². The predicted molar refractivity (Wildman–Crippen MR) is 185 cm³/mol. The van der Waals surface area contributed by atoms with Crippen LogP contribution in [0.15, 0.2) is 87.2 Å². The standard InChI is InChI=1S/C32H23BrFN3O5S2.C2H4O2/c1-16-10-11-18(13-23(16)34)27(38)25-26(20-12-22(33)28(39)24(14-20)42-2)37(30(41)29(25)40)31-35-36-32(44-31)43-15-19-8-5-7-17-6-3-4-9-21(17)19;1-2(3)4/h3-14,26,38-39H,15H2,1-2H3;1H3,(H,3,4). The van der Waals surface area contributed by atoms with Gasteiger partial charge in [0.2, 0.25) is 5.13 Å². The fourth-order valence-electron chi connectivity index (χ4n) is 5.06. The fraction of sp³-hybridized carbons (Fsp3) is 0.147. The summed E-state index contributed by atoms with van der Waals surface area (Å²) in [7, 11) is 1.36. The van der Waals surface area contributed by atoms with Gasteiger partial charge in [-0.2, -0.15) is 0 Å². The third kappa shape index (κ3) is 7.05. The van der Waals surface area contributed by atoms with Crippen LogP contribution in [0.4, 0.5) is 9.52 Å². The number of carboxylic acids is 1. The van der Waals surface area contributed by atoms with Gasteiger partial charge in [0.1, 0.15) is 11.6 Å². The SMILES string of the molecule is CC(=O)O.COc1cc(C2C(=C(O)c3ccc(C)c(F)c3)C(=O)C(=O)N2c2nnc(SCc3cccc4ccccc34)s2)cc(Br)c1O. The third-order valence-electron chi connectivity index (χ3n) is 7.31. The number of benzene rings is 4. The van der Waals surface area contributed by atoms with E-state index in [2.05, 4.69) is 32.2 Å². The number of hydrogen-bond acceptors (Lipinski definition) is 10. The van der Waals surface area contributed by atoms with Crippen LogP contribution in [0.5, 0.6) is 11.5 Å². The van der Waals surface area contributed by atoms with E-state index in [4.69, 9.17) is 14.6 Å². The first-order chi connectivity index (χ1) is 22.9. The van der Waals surface area contributed by atoms with Gasteiger partial charge in [-0.1, -0.05) is 77.7 Å². The summed E-state index contributed by atoms with van der Waals surface area (Å²) in [4.78, 5) is 37.3. The van der Waals surface area contributed by atoms with Crippen LogP contribution in [0, 0.1) is 12.7 Å². The molecule has 246 valence electrons. The van der Waals surface area contributed by atoms with Crippen LogP contribution in [0.3, 0.4) is 0 Å². The van der Waals surface area contributed by atoms with E-state index >= 15 is 0 Å². The zero-order valence-corrected chi connectivity index (χ0v) is 28.8. The quantitative estimate of drug-likeness (QED) is 0.0498. The van der Waals surface area contributed by atoms with Gasteiger partial charge in [0.05, 0.1) is 23.2 Å². The monoisotopic (exact) mass is 751 g/mol. The molecule has 10 nitrogen and oxygen atoms in total. The number of phenols is 1. The molecule has 5 aromatic rings. The highest BCUT2D eigenvalue weighted by atomic mass is 79.9. The maximum atomic E-state index is 14.5. The maximum absolute atomic E-state index is 14.5. The Morgan fingerprint density at radius 3 is 2.48 bits per heavy atom. The van der Waals surface area contributed by atoms with E-state index in [0.717, 1.165) is 45.6 Å². The van der Waals surface area contributed by atoms with Gasteiger partial charge in [-0.3, -0.25) is 19.3 Å². The Kier molecular flexibility index (Phi) is 10.5. The van der Waals surface area contributed by atoms with Gasteiger partial charge in [0, 0.05) is 18.2 Å². The number of halogens is 2. The number of carbonyl (C=O) groups excluding carboxylic acids is 2. The molecule has 4 aromatic carbocycles. The molecular formula is C34H27BrFN3O7S2. The van der Waals surface area contributed by atoms with Crippen molar-refractivity contribution in [2.24, 2.45) is 0 Å². The first-order valence-electron chi connectivity index (χ1n) is 14.2. The molecule has 14 heteroatoms. The zero-order valence-electron chi connectivity index (χ0n) is 25.6. The van der Waals surface area contributed by atoms with Crippen molar-refractivity contribution < 1.29 is 38.8 Å². The molecule has 1 amide bonds. The summed E-state index contributed by atoms with van der Waals surface area (Å²) in [6.45, 7) is 2.66. The number of aromatic nitrogens is 2. The predicted octanol–water partition coefficient (Wildman–Crippen LogP) is 7.63. The summed E-state index contributed by atoms with van der Waals surface area (Å²) in [6.07, 6.45) is 0. The number of rotatable bonds is 7. The number of aryl methyl sites for hydroxylation is 1. The average molecular weight is 753 g/mol. The molecule has 3 N–H and O–H groups in total. The van der Waals surface area contributed by atoms with Gasteiger partial charge in [-0.15, -0.1) is 10.2 Å². The second-order valence-electron chi connectivity index (χ2n) is 10.5. The van der Waals surface area contributed by atoms with Crippen molar-refractivity contribution in [1.29, 1.82) is 0 Å². The number of amides is 1. The highest BCUT2D eigenvalue weighted by Gasteiger charge is 2.48. The van der Waals surface area contributed by atoms with Crippen LogP contribution >= 0.6 is 39.0 Å². The van der Waals surface area contributed by atoms with E-state index in [0.29, 0.717) is 21.2 Å². The van der Waals surface area contributed by atoms with Gasteiger partial charge in [-0.25, -0.2) is 4.39 Å². The summed E-state index contributed by atoms with van der Waals surface area (Å²) in [5.74, 6) is -3.38. The molecule has 0 radical (unpaired) electrons. The molecule has 1 unspecified atom stereocenters. The Labute approximate surface area is 290 Å². The fourth-order valence-corrected chi connectivity index (χ4v) is 7.40. The molecule has 2 heterocycles. The van der Waals surface area contributed by atoms with E-state index in [1.807, 2.05) is 36.4 Å². The summed E-state index contributed by atoms with van der Waals surface area (Å²) in [5.41, 5.74) is 1.56. The molecule has 1 fully saturated rings. The number of fused-ring (bicyclic) bond motifs is 1. The highest BCUT2D eigenvalue weighted by Crippen LogP contribution is 2.47. The normalized spacial score (nSPS) is 15.4. The third-order valence-corrected chi connectivity index (χ3v) is 10.0. The van der Waals surface area contributed by atoms with Crippen molar-refractivity contribution in [2.75, 3.05) is 12.0 Å². The molecule has 6 rings (SSSR count). The van der Waals surface area contributed by atoms with E-state index in [1.165, 1.54) is 43.1 Å². The van der Waals surface area contributed by atoms with E-state index in [9.17, 15) is 24.2 Å². The van der Waals surface area contributed by atoms with Crippen LogP contribution in [-0.2, 0) is 20.1 Å². The molecule has 0 spiro atoms. The number of ether oxygens (including phenoxy) is 1. The zero-order chi connectivity index (χ0) is 34.7.